The Morgan fingerprint density at radius 3 is 2.33 bits per heavy atom. The van der Waals surface area contributed by atoms with Crippen LogP contribution in [0.1, 0.15) is 65.8 Å². The quantitative estimate of drug-likeness (QED) is 0.569. The maximum Gasteiger partial charge on any atom is 0.251 e. The van der Waals surface area contributed by atoms with Crippen LogP contribution in [0.5, 0.6) is 0 Å². The summed E-state index contributed by atoms with van der Waals surface area (Å²) in [6.45, 7) is 4.81. The molecule has 7 nitrogen and oxygen atoms in total. The third-order valence-electron chi connectivity index (χ3n) is 7.85. The predicted octanol–water partition coefficient (Wildman–Crippen LogP) is 3.74. The molecule has 2 aliphatic rings. The molecule has 2 aromatic carbocycles. The highest BCUT2D eigenvalue weighted by Crippen LogP contribution is 2.46. The number of hydrogen-bond acceptors (Lipinski definition) is 4. The van der Waals surface area contributed by atoms with Crippen molar-refractivity contribution in [2.24, 2.45) is 11.3 Å². The standard InChI is InChI=1S/C28H34ClN3O4/c1-27(2)17-32(15-14-28(27,36)20-10-12-21(29)13-11-20)26(35)22-8-5-9-23(22)31-25(34)19-7-4-6-18(16-19)24(33)30-3/h4,6-7,10-13,16,22-23,36H,5,8-9,14-15,17H2,1-3H3,(H,30,33)(H,31,34)/t22-,23+,28-/m0/s1. The second kappa shape index (κ2) is 10.2. The van der Waals surface area contributed by atoms with E-state index >= 15 is 0 Å². The number of hydrogen-bond donors (Lipinski definition) is 3. The average molecular weight is 512 g/mol. The molecule has 3 atom stereocenters. The molecular weight excluding hydrogens is 478 g/mol. The van der Waals surface area contributed by atoms with Crippen molar-refractivity contribution in [3.63, 3.8) is 0 Å². The van der Waals surface area contributed by atoms with Crippen LogP contribution >= 0.6 is 11.6 Å². The van der Waals surface area contributed by atoms with Gasteiger partial charge in [-0.1, -0.05) is 50.1 Å². The van der Waals surface area contributed by atoms with Crippen molar-refractivity contribution < 1.29 is 19.5 Å². The molecule has 0 spiro atoms. The lowest BCUT2D eigenvalue weighted by Crippen LogP contribution is -2.58. The number of likely N-dealkylation sites (tertiary alicyclic amines) is 1. The minimum absolute atomic E-state index is 0.0168. The zero-order chi connectivity index (χ0) is 26.1. The van der Waals surface area contributed by atoms with E-state index in [1.54, 1.807) is 43.4 Å². The Morgan fingerprint density at radius 2 is 1.69 bits per heavy atom. The normalized spacial score (nSPS) is 25.3. The summed E-state index contributed by atoms with van der Waals surface area (Å²) >= 11 is 6.04. The predicted molar refractivity (Wildman–Crippen MR) is 139 cm³/mol. The van der Waals surface area contributed by atoms with E-state index in [9.17, 15) is 19.5 Å². The van der Waals surface area contributed by atoms with Crippen molar-refractivity contribution in [2.75, 3.05) is 20.1 Å². The minimum Gasteiger partial charge on any atom is -0.384 e. The fraction of sp³-hybridized carbons (Fsp3) is 0.464. The lowest BCUT2D eigenvalue weighted by Gasteiger charge is -2.51. The topological polar surface area (TPSA) is 98.7 Å². The van der Waals surface area contributed by atoms with E-state index in [-0.39, 0.29) is 29.7 Å². The summed E-state index contributed by atoms with van der Waals surface area (Å²) in [5.74, 6) is -0.844. The van der Waals surface area contributed by atoms with Crippen molar-refractivity contribution in [3.8, 4) is 0 Å². The number of carbonyl (C=O) groups excluding carboxylic acids is 3. The van der Waals surface area contributed by atoms with Gasteiger partial charge in [-0.25, -0.2) is 0 Å². The van der Waals surface area contributed by atoms with Crippen LogP contribution in [0.2, 0.25) is 5.02 Å². The Morgan fingerprint density at radius 1 is 1.03 bits per heavy atom. The monoisotopic (exact) mass is 511 g/mol. The second-order valence-electron chi connectivity index (χ2n) is 10.5. The van der Waals surface area contributed by atoms with Crippen molar-refractivity contribution in [2.45, 2.75) is 51.2 Å². The van der Waals surface area contributed by atoms with E-state index in [1.165, 1.54) is 0 Å². The van der Waals surface area contributed by atoms with Gasteiger partial charge < -0.3 is 20.6 Å². The van der Waals surface area contributed by atoms with Gasteiger partial charge in [0.05, 0.1) is 11.5 Å². The number of benzene rings is 2. The van der Waals surface area contributed by atoms with E-state index in [2.05, 4.69) is 10.6 Å². The number of carbonyl (C=O) groups is 3. The Labute approximate surface area is 217 Å². The van der Waals surface area contributed by atoms with Crippen LogP contribution in [0.4, 0.5) is 0 Å². The van der Waals surface area contributed by atoms with Crippen LogP contribution in [0.15, 0.2) is 48.5 Å². The molecule has 192 valence electrons. The van der Waals surface area contributed by atoms with Gasteiger partial charge in [0.25, 0.3) is 11.8 Å². The van der Waals surface area contributed by atoms with Crippen LogP contribution in [0.25, 0.3) is 0 Å². The first-order valence-electron chi connectivity index (χ1n) is 12.5. The Hall–Kier alpha value is -2.90. The molecule has 4 rings (SSSR count). The summed E-state index contributed by atoms with van der Waals surface area (Å²) in [6.07, 6.45) is 2.71. The summed E-state index contributed by atoms with van der Waals surface area (Å²) in [5.41, 5.74) is -0.0527. The van der Waals surface area contributed by atoms with Gasteiger partial charge >= 0.3 is 0 Å². The Balaban J connectivity index is 1.45. The largest absolute Gasteiger partial charge is 0.384 e. The molecule has 1 aliphatic heterocycles. The van der Waals surface area contributed by atoms with E-state index < -0.39 is 11.0 Å². The summed E-state index contributed by atoms with van der Waals surface area (Å²) in [7, 11) is 1.54. The number of amides is 3. The van der Waals surface area contributed by atoms with Gasteiger partial charge in [0, 0.05) is 47.7 Å². The van der Waals surface area contributed by atoms with Crippen molar-refractivity contribution >= 4 is 29.3 Å². The maximum atomic E-state index is 13.6. The SMILES string of the molecule is CNC(=O)c1cccc(C(=O)N[C@@H]2CCC[C@@H]2C(=O)N2CC[C@](O)(c3ccc(Cl)cc3)C(C)(C)C2)c1. The Bertz CT molecular complexity index is 1150. The number of halogens is 1. The molecule has 3 amide bonds. The number of aliphatic hydroxyl groups is 1. The number of rotatable bonds is 5. The zero-order valence-corrected chi connectivity index (χ0v) is 21.8. The number of piperidine rings is 1. The smallest absolute Gasteiger partial charge is 0.251 e. The highest BCUT2D eigenvalue weighted by Gasteiger charge is 2.50. The summed E-state index contributed by atoms with van der Waals surface area (Å²) in [4.78, 5) is 40.4. The van der Waals surface area contributed by atoms with Crippen molar-refractivity contribution in [1.29, 1.82) is 0 Å². The highest BCUT2D eigenvalue weighted by atomic mass is 35.5. The van der Waals surface area contributed by atoms with Crippen LogP contribution in [0.3, 0.4) is 0 Å². The van der Waals surface area contributed by atoms with Gasteiger partial charge in [0.15, 0.2) is 0 Å². The first-order chi connectivity index (χ1) is 17.1. The fourth-order valence-corrected chi connectivity index (χ4v) is 5.76. The summed E-state index contributed by atoms with van der Waals surface area (Å²) < 4.78 is 0. The average Bonchev–Trinajstić information content (AvgIpc) is 3.33. The molecule has 2 fully saturated rings. The number of nitrogens with zero attached hydrogens (tertiary/aromatic N) is 1. The van der Waals surface area contributed by atoms with E-state index in [0.717, 1.165) is 18.4 Å². The molecule has 2 aromatic rings. The minimum atomic E-state index is -1.08. The van der Waals surface area contributed by atoms with E-state index in [0.29, 0.717) is 42.1 Å². The molecule has 0 unspecified atom stereocenters. The molecule has 0 radical (unpaired) electrons. The van der Waals surface area contributed by atoms with Gasteiger partial charge in [0.2, 0.25) is 5.91 Å². The summed E-state index contributed by atoms with van der Waals surface area (Å²) in [5, 5.41) is 17.8. The molecule has 1 saturated carbocycles. The maximum absolute atomic E-state index is 13.6. The number of nitrogens with one attached hydrogen (secondary N) is 2. The lowest BCUT2D eigenvalue weighted by atomic mass is 9.66. The van der Waals surface area contributed by atoms with E-state index in [4.69, 9.17) is 11.6 Å². The molecular formula is C28H34ClN3O4. The van der Waals surface area contributed by atoms with Crippen molar-refractivity contribution in [3.05, 3.63) is 70.2 Å². The lowest BCUT2D eigenvalue weighted by molar-refractivity contribution is -0.156. The van der Waals surface area contributed by atoms with E-state index in [1.807, 2.05) is 30.9 Å². The summed E-state index contributed by atoms with van der Waals surface area (Å²) in [6, 6.07) is 13.5. The van der Waals surface area contributed by atoms with Gasteiger partial charge in [-0.2, -0.15) is 0 Å². The molecule has 8 heteroatoms. The molecule has 0 bridgehead atoms. The molecule has 3 N–H and O–H groups in total. The third-order valence-corrected chi connectivity index (χ3v) is 8.10. The van der Waals surface area contributed by atoms with Crippen molar-refractivity contribution in [1.82, 2.24) is 15.5 Å². The Kier molecular flexibility index (Phi) is 7.43. The molecule has 36 heavy (non-hydrogen) atoms. The first kappa shape index (κ1) is 26.2. The second-order valence-corrected chi connectivity index (χ2v) is 11.0. The van der Waals surface area contributed by atoms with Gasteiger partial charge in [-0.05, 0) is 55.2 Å². The van der Waals surface area contributed by atoms with Crippen LogP contribution in [0, 0.1) is 11.3 Å². The molecule has 0 aromatic heterocycles. The third kappa shape index (κ3) is 5.00. The highest BCUT2D eigenvalue weighted by molar-refractivity contribution is 6.30. The van der Waals surface area contributed by atoms with Crippen LogP contribution in [-0.4, -0.2) is 53.9 Å². The van der Waals surface area contributed by atoms with Gasteiger partial charge in [0.1, 0.15) is 0 Å². The molecule has 1 aliphatic carbocycles. The first-order valence-corrected chi connectivity index (χ1v) is 12.8. The van der Waals surface area contributed by atoms with Crippen LogP contribution in [-0.2, 0) is 10.4 Å². The molecule has 1 saturated heterocycles. The fourth-order valence-electron chi connectivity index (χ4n) is 5.63. The zero-order valence-electron chi connectivity index (χ0n) is 21.0. The van der Waals surface area contributed by atoms with Gasteiger partial charge in [-0.15, -0.1) is 0 Å². The van der Waals surface area contributed by atoms with Gasteiger partial charge in [-0.3, -0.25) is 14.4 Å². The molecule has 1 heterocycles. The van der Waals surface area contributed by atoms with Crippen LogP contribution < -0.4 is 10.6 Å².